The van der Waals surface area contributed by atoms with Gasteiger partial charge in [-0.25, -0.2) is 0 Å². The largest absolute Gasteiger partial charge is 0.392 e. The molecule has 0 aliphatic carbocycles. The molecule has 0 aromatic rings. The van der Waals surface area contributed by atoms with Gasteiger partial charge in [-0.05, 0) is 26.2 Å². The van der Waals surface area contributed by atoms with E-state index in [2.05, 4.69) is 4.90 Å². The molecular weight excluding hydrogens is 282 g/mol. The summed E-state index contributed by atoms with van der Waals surface area (Å²) in [5.74, 6) is 0.245. The van der Waals surface area contributed by atoms with Gasteiger partial charge in [0.05, 0.1) is 6.10 Å². The number of likely N-dealkylation sites (tertiary alicyclic amines) is 1. The number of carbonyl (C=O) groups excluding carboxylic acids is 2. The Balaban J connectivity index is 1.81. The van der Waals surface area contributed by atoms with E-state index in [9.17, 15) is 14.7 Å². The summed E-state index contributed by atoms with van der Waals surface area (Å²) in [5.41, 5.74) is 0. The number of amides is 2. The number of rotatable bonds is 4. The maximum Gasteiger partial charge on any atom is 0.224 e. The van der Waals surface area contributed by atoms with Gasteiger partial charge in [0.2, 0.25) is 11.8 Å². The minimum atomic E-state index is -0.325. The minimum absolute atomic E-state index is 0.0780. The predicted octanol–water partition coefficient (Wildman–Crippen LogP) is 0.303. The average molecular weight is 311 g/mol. The van der Waals surface area contributed by atoms with Crippen molar-refractivity contribution >= 4 is 11.8 Å². The van der Waals surface area contributed by atoms with Crippen molar-refractivity contribution in [2.75, 3.05) is 39.3 Å². The normalized spacial score (nSPS) is 25.1. The minimum Gasteiger partial charge on any atom is -0.392 e. The molecule has 2 amide bonds. The van der Waals surface area contributed by atoms with E-state index in [0.717, 1.165) is 52.0 Å². The molecule has 2 rings (SSSR count). The topological polar surface area (TPSA) is 64.1 Å². The third kappa shape index (κ3) is 4.68. The van der Waals surface area contributed by atoms with Gasteiger partial charge in [0.1, 0.15) is 0 Å². The van der Waals surface area contributed by atoms with Gasteiger partial charge >= 0.3 is 0 Å². The Hall–Kier alpha value is -1.14. The summed E-state index contributed by atoms with van der Waals surface area (Å²) in [4.78, 5) is 30.1. The molecule has 2 saturated heterocycles. The summed E-state index contributed by atoms with van der Waals surface area (Å²) >= 11 is 0. The van der Waals surface area contributed by atoms with E-state index < -0.39 is 0 Å². The standard InChI is InChI=1S/C16H29N3O3/c1-13(20)12-17-7-9-18(10-8-17)16(22)11-15-5-3-4-6-19(15)14(2)21/h13,15,20H,3-12H2,1-2H3/t13-,15-/m0/s1. The first-order valence-corrected chi connectivity index (χ1v) is 8.42. The fourth-order valence-corrected chi connectivity index (χ4v) is 3.51. The lowest BCUT2D eigenvalue weighted by Crippen LogP contribution is -2.52. The molecular formula is C16H29N3O3. The maximum absolute atomic E-state index is 12.5. The number of aliphatic hydroxyl groups is 1. The van der Waals surface area contributed by atoms with Crippen LogP contribution in [0.1, 0.15) is 39.5 Å². The lowest BCUT2D eigenvalue weighted by atomic mass is 9.98. The van der Waals surface area contributed by atoms with E-state index in [-0.39, 0.29) is 24.0 Å². The van der Waals surface area contributed by atoms with Crippen LogP contribution in [0.2, 0.25) is 0 Å². The van der Waals surface area contributed by atoms with Crippen LogP contribution < -0.4 is 0 Å². The molecule has 0 bridgehead atoms. The molecule has 6 heteroatoms. The molecule has 0 unspecified atom stereocenters. The molecule has 2 atom stereocenters. The van der Waals surface area contributed by atoms with Crippen LogP contribution in [0.5, 0.6) is 0 Å². The summed E-state index contributed by atoms with van der Waals surface area (Å²) in [6.45, 7) is 7.92. The van der Waals surface area contributed by atoms with Crippen molar-refractivity contribution in [1.82, 2.24) is 14.7 Å². The Morgan fingerprint density at radius 3 is 2.41 bits per heavy atom. The van der Waals surface area contributed by atoms with Crippen molar-refractivity contribution in [3.63, 3.8) is 0 Å². The SMILES string of the molecule is CC(=O)N1CCCC[C@H]1CC(=O)N1CCN(C[C@H](C)O)CC1. The van der Waals surface area contributed by atoms with Crippen molar-refractivity contribution < 1.29 is 14.7 Å². The molecule has 22 heavy (non-hydrogen) atoms. The number of nitrogens with zero attached hydrogens (tertiary/aromatic N) is 3. The number of hydrogen-bond acceptors (Lipinski definition) is 4. The van der Waals surface area contributed by atoms with Crippen molar-refractivity contribution in [2.45, 2.75) is 51.7 Å². The molecule has 2 heterocycles. The monoisotopic (exact) mass is 311 g/mol. The number of piperidine rings is 1. The van der Waals surface area contributed by atoms with E-state index in [0.29, 0.717) is 13.0 Å². The molecule has 0 aromatic carbocycles. The Bertz CT molecular complexity index is 392. The first kappa shape index (κ1) is 17.2. The highest BCUT2D eigenvalue weighted by Crippen LogP contribution is 2.21. The summed E-state index contributed by atoms with van der Waals surface area (Å²) in [5, 5.41) is 9.42. The summed E-state index contributed by atoms with van der Waals surface area (Å²) in [6, 6.07) is 0.0780. The highest BCUT2D eigenvalue weighted by molar-refractivity contribution is 5.79. The fraction of sp³-hybridized carbons (Fsp3) is 0.875. The van der Waals surface area contributed by atoms with E-state index >= 15 is 0 Å². The Labute approximate surface area is 133 Å². The zero-order valence-electron chi connectivity index (χ0n) is 13.8. The third-order valence-corrected chi connectivity index (χ3v) is 4.69. The lowest BCUT2D eigenvalue weighted by Gasteiger charge is -2.38. The molecule has 0 saturated carbocycles. The molecule has 126 valence electrons. The quantitative estimate of drug-likeness (QED) is 0.811. The Morgan fingerprint density at radius 1 is 1.14 bits per heavy atom. The first-order valence-electron chi connectivity index (χ1n) is 8.42. The second-order valence-corrected chi connectivity index (χ2v) is 6.60. The maximum atomic E-state index is 12.5. The number of hydrogen-bond donors (Lipinski definition) is 1. The summed E-state index contributed by atoms with van der Waals surface area (Å²) in [6.07, 6.45) is 3.21. The molecule has 0 spiro atoms. The Morgan fingerprint density at radius 2 is 1.82 bits per heavy atom. The zero-order valence-corrected chi connectivity index (χ0v) is 13.8. The summed E-state index contributed by atoms with van der Waals surface area (Å²) < 4.78 is 0. The number of piperazine rings is 1. The number of β-amino-alcohol motifs (C(OH)–C–C–N with tert-alkyl or cyclic N) is 1. The predicted molar refractivity (Wildman–Crippen MR) is 84.3 cm³/mol. The van der Waals surface area contributed by atoms with E-state index in [1.165, 1.54) is 0 Å². The fourth-order valence-electron chi connectivity index (χ4n) is 3.51. The second kappa shape index (κ2) is 7.92. The number of carbonyl (C=O) groups is 2. The van der Waals surface area contributed by atoms with E-state index in [1.54, 1.807) is 13.8 Å². The van der Waals surface area contributed by atoms with Gasteiger partial charge in [-0.15, -0.1) is 0 Å². The highest BCUT2D eigenvalue weighted by atomic mass is 16.3. The Kier molecular flexibility index (Phi) is 6.20. The first-order chi connectivity index (χ1) is 10.5. The number of aliphatic hydroxyl groups excluding tert-OH is 1. The van der Waals surface area contributed by atoms with Crippen LogP contribution >= 0.6 is 0 Å². The average Bonchev–Trinajstić information content (AvgIpc) is 2.47. The highest BCUT2D eigenvalue weighted by Gasteiger charge is 2.29. The van der Waals surface area contributed by atoms with E-state index in [4.69, 9.17) is 0 Å². The molecule has 1 N–H and O–H groups in total. The molecule has 0 radical (unpaired) electrons. The van der Waals surface area contributed by atoms with Crippen LogP contribution in [0.15, 0.2) is 0 Å². The smallest absolute Gasteiger partial charge is 0.224 e. The van der Waals surface area contributed by atoms with Crippen LogP contribution in [-0.4, -0.2) is 83.0 Å². The summed E-state index contributed by atoms with van der Waals surface area (Å²) in [7, 11) is 0. The van der Waals surface area contributed by atoms with Crippen LogP contribution in [-0.2, 0) is 9.59 Å². The van der Waals surface area contributed by atoms with Gasteiger partial charge < -0.3 is 14.9 Å². The van der Waals surface area contributed by atoms with Gasteiger partial charge in [-0.3, -0.25) is 14.5 Å². The molecule has 2 aliphatic rings. The van der Waals surface area contributed by atoms with Gasteiger partial charge in [0.25, 0.3) is 0 Å². The zero-order chi connectivity index (χ0) is 16.1. The third-order valence-electron chi connectivity index (χ3n) is 4.69. The van der Waals surface area contributed by atoms with Crippen LogP contribution in [0.3, 0.4) is 0 Å². The van der Waals surface area contributed by atoms with Gasteiger partial charge in [-0.1, -0.05) is 0 Å². The second-order valence-electron chi connectivity index (χ2n) is 6.60. The molecule has 0 aromatic heterocycles. The van der Waals surface area contributed by atoms with Crippen LogP contribution in [0.25, 0.3) is 0 Å². The van der Waals surface area contributed by atoms with E-state index in [1.807, 2.05) is 9.80 Å². The van der Waals surface area contributed by atoms with Gasteiger partial charge in [0, 0.05) is 58.7 Å². The molecule has 2 fully saturated rings. The van der Waals surface area contributed by atoms with Crippen molar-refractivity contribution in [3.05, 3.63) is 0 Å². The van der Waals surface area contributed by atoms with Crippen molar-refractivity contribution in [1.29, 1.82) is 0 Å². The van der Waals surface area contributed by atoms with Crippen LogP contribution in [0.4, 0.5) is 0 Å². The van der Waals surface area contributed by atoms with Gasteiger partial charge in [-0.2, -0.15) is 0 Å². The van der Waals surface area contributed by atoms with Crippen molar-refractivity contribution in [3.8, 4) is 0 Å². The lowest BCUT2D eigenvalue weighted by molar-refractivity contribution is -0.138. The van der Waals surface area contributed by atoms with Crippen molar-refractivity contribution in [2.24, 2.45) is 0 Å². The van der Waals surface area contributed by atoms with Crippen LogP contribution in [0, 0.1) is 0 Å². The molecule has 2 aliphatic heterocycles. The molecule has 6 nitrogen and oxygen atoms in total. The van der Waals surface area contributed by atoms with Gasteiger partial charge in [0.15, 0.2) is 0 Å².